The van der Waals surface area contributed by atoms with Crippen molar-refractivity contribution < 1.29 is 13.6 Å². The SMILES string of the molecule is O=C1N(Cc2ccc(F)cc2)Sc2ccccc2N1Cc1c(F)cccc1Cl. The lowest BCUT2D eigenvalue weighted by Gasteiger charge is -2.36. The molecule has 0 bridgehead atoms. The number of carbonyl (C=O) groups excluding carboxylic acids is 1. The summed E-state index contributed by atoms with van der Waals surface area (Å²) in [6.45, 7) is 0.307. The Morgan fingerprint density at radius 2 is 1.64 bits per heavy atom. The molecule has 0 aromatic heterocycles. The second-order valence-corrected chi connectivity index (χ2v) is 7.76. The van der Waals surface area contributed by atoms with Gasteiger partial charge in [-0.1, -0.05) is 41.9 Å². The molecule has 0 saturated heterocycles. The van der Waals surface area contributed by atoms with Gasteiger partial charge in [-0.3, -0.25) is 9.21 Å². The monoisotopic (exact) mass is 416 g/mol. The van der Waals surface area contributed by atoms with Crippen LogP contribution < -0.4 is 4.90 Å². The molecule has 3 aromatic carbocycles. The molecule has 0 atom stereocenters. The van der Waals surface area contributed by atoms with Gasteiger partial charge in [-0.2, -0.15) is 0 Å². The predicted molar refractivity (Wildman–Crippen MR) is 107 cm³/mol. The summed E-state index contributed by atoms with van der Waals surface area (Å²) in [5.41, 5.74) is 1.76. The quantitative estimate of drug-likeness (QED) is 0.468. The van der Waals surface area contributed by atoms with Gasteiger partial charge in [0.15, 0.2) is 0 Å². The van der Waals surface area contributed by atoms with Crippen LogP contribution in [0.25, 0.3) is 0 Å². The van der Waals surface area contributed by atoms with E-state index in [0.29, 0.717) is 12.2 Å². The van der Waals surface area contributed by atoms with Crippen LogP contribution in [-0.2, 0) is 13.1 Å². The van der Waals surface area contributed by atoms with Crippen molar-refractivity contribution in [1.29, 1.82) is 0 Å². The van der Waals surface area contributed by atoms with E-state index in [-0.39, 0.29) is 29.0 Å². The number of fused-ring (bicyclic) bond motifs is 1. The first-order chi connectivity index (χ1) is 13.5. The average Bonchev–Trinajstić information content (AvgIpc) is 2.69. The summed E-state index contributed by atoms with van der Waals surface area (Å²) < 4.78 is 29.1. The van der Waals surface area contributed by atoms with Crippen molar-refractivity contribution in [2.45, 2.75) is 18.0 Å². The van der Waals surface area contributed by atoms with E-state index in [0.717, 1.165) is 10.5 Å². The van der Waals surface area contributed by atoms with Crippen molar-refractivity contribution in [3.8, 4) is 0 Å². The van der Waals surface area contributed by atoms with Gasteiger partial charge in [0.25, 0.3) is 0 Å². The van der Waals surface area contributed by atoms with Gasteiger partial charge in [-0.15, -0.1) is 0 Å². The van der Waals surface area contributed by atoms with Gasteiger partial charge >= 0.3 is 6.03 Å². The predicted octanol–water partition coefficient (Wildman–Crippen LogP) is 6.27. The topological polar surface area (TPSA) is 23.6 Å². The Kier molecular flexibility index (Phi) is 5.24. The Hall–Kier alpha value is -2.57. The van der Waals surface area contributed by atoms with Crippen LogP contribution in [0.5, 0.6) is 0 Å². The van der Waals surface area contributed by atoms with Gasteiger partial charge in [0, 0.05) is 10.6 Å². The zero-order valence-corrected chi connectivity index (χ0v) is 16.2. The number of anilines is 1. The van der Waals surface area contributed by atoms with E-state index >= 15 is 0 Å². The number of urea groups is 1. The van der Waals surface area contributed by atoms with Gasteiger partial charge < -0.3 is 0 Å². The molecule has 142 valence electrons. The van der Waals surface area contributed by atoms with Gasteiger partial charge in [-0.25, -0.2) is 13.6 Å². The van der Waals surface area contributed by atoms with Gasteiger partial charge in [0.1, 0.15) is 11.6 Å². The Bertz CT molecular complexity index is 1010. The van der Waals surface area contributed by atoms with Gasteiger partial charge in [-0.05, 0) is 53.9 Å². The van der Waals surface area contributed by atoms with Crippen molar-refractivity contribution in [2.24, 2.45) is 0 Å². The molecule has 0 radical (unpaired) electrons. The van der Waals surface area contributed by atoms with Crippen molar-refractivity contribution in [3.63, 3.8) is 0 Å². The van der Waals surface area contributed by atoms with E-state index in [2.05, 4.69) is 0 Å². The molecule has 0 fully saturated rings. The minimum absolute atomic E-state index is 0.0157. The molecular weight excluding hydrogens is 402 g/mol. The van der Waals surface area contributed by atoms with Crippen LogP contribution >= 0.6 is 23.5 Å². The number of nitrogens with zero attached hydrogens (tertiary/aromatic N) is 2. The molecule has 3 nitrogen and oxygen atoms in total. The van der Waals surface area contributed by atoms with Crippen LogP contribution in [0.3, 0.4) is 0 Å². The maximum Gasteiger partial charge on any atom is 0.335 e. The number of rotatable bonds is 4. The molecule has 1 aliphatic heterocycles. The van der Waals surface area contributed by atoms with Crippen molar-refractivity contribution in [1.82, 2.24) is 4.31 Å². The second kappa shape index (κ2) is 7.81. The van der Waals surface area contributed by atoms with Crippen molar-refractivity contribution in [3.05, 3.63) is 94.5 Å². The number of benzene rings is 3. The van der Waals surface area contributed by atoms with Crippen LogP contribution in [0.1, 0.15) is 11.1 Å². The fourth-order valence-corrected chi connectivity index (χ4v) is 4.26. The molecular formula is C21H15ClF2N2OS. The Balaban J connectivity index is 1.68. The average molecular weight is 417 g/mol. The first-order valence-corrected chi connectivity index (χ1v) is 9.71. The molecule has 0 unspecified atom stereocenters. The third-order valence-electron chi connectivity index (χ3n) is 4.43. The largest absolute Gasteiger partial charge is 0.335 e. The minimum atomic E-state index is -0.457. The Labute approximate surface area is 170 Å². The van der Waals surface area contributed by atoms with E-state index in [1.807, 2.05) is 24.3 Å². The van der Waals surface area contributed by atoms with Crippen molar-refractivity contribution >= 4 is 35.3 Å². The molecule has 3 aromatic rings. The maximum absolute atomic E-state index is 14.3. The molecule has 0 spiro atoms. The lowest BCUT2D eigenvalue weighted by atomic mass is 10.1. The lowest BCUT2D eigenvalue weighted by Crippen LogP contribution is -2.42. The summed E-state index contributed by atoms with van der Waals surface area (Å²) in [5.74, 6) is -0.788. The van der Waals surface area contributed by atoms with Crippen LogP contribution in [0.2, 0.25) is 5.02 Å². The molecule has 7 heteroatoms. The van der Waals surface area contributed by atoms with E-state index in [9.17, 15) is 13.6 Å². The maximum atomic E-state index is 14.3. The minimum Gasteiger partial charge on any atom is -0.288 e. The highest BCUT2D eigenvalue weighted by molar-refractivity contribution is 7.97. The summed E-state index contributed by atoms with van der Waals surface area (Å²) >= 11 is 7.48. The molecule has 2 amide bonds. The highest BCUT2D eigenvalue weighted by Crippen LogP contribution is 2.40. The molecule has 28 heavy (non-hydrogen) atoms. The van der Waals surface area contributed by atoms with E-state index < -0.39 is 5.82 Å². The number of carbonyl (C=O) groups is 1. The van der Waals surface area contributed by atoms with Crippen LogP contribution in [0, 0.1) is 11.6 Å². The molecule has 4 rings (SSSR count). The number of para-hydroxylation sites is 1. The molecule has 0 saturated carbocycles. The first kappa shape index (κ1) is 18.8. The summed E-state index contributed by atoms with van der Waals surface area (Å²) in [4.78, 5) is 15.6. The second-order valence-electron chi connectivity index (χ2n) is 6.29. The highest BCUT2D eigenvalue weighted by Gasteiger charge is 2.32. The lowest BCUT2D eigenvalue weighted by molar-refractivity contribution is 0.229. The molecule has 1 heterocycles. The van der Waals surface area contributed by atoms with E-state index in [1.54, 1.807) is 22.5 Å². The van der Waals surface area contributed by atoms with Crippen LogP contribution in [0.4, 0.5) is 19.3 Å². The number of hydrogen-bond donors (Lipinski definition) is 0. The van der Waals surface area contributed by atoms with Gasteiger partial charge in [0.2, 0.25) is 0 Å². The molecule has 0 N–H and O–H groups in total. The number of halogens is 3. The molecule has 0 aliphatic carbocycles. The summed E-state index contributed by atoms with van der Waals surface area (Å²) in [7, 11) is 0. The summed E-state index contributed by atoms with van der Waals surface area (Å²) in [6.07, 6.45) is 0. The fourth-order valence-electron chi connectivity index (χ4n) is 3.00. The van der Waals surface area contributed by atoms with E-state index in [4.69, 9.17) is 11.6 Å². The highest BCUT2D eigenvalue weighted by atomic mass is 35.5. The Morgan fingerprint density at radius 3 is 2.39 bits per heavy atom. The molecule has 1 aliphatic rings. The van der Waals surface area contributed by atoms with E-state index in [1.165, 1.54) is 41.1 Å². The first-order valence-electron chi connectivity index (χ1n) is 8.56. The normalized spacial score (nSPS) is 13.6. The van der Waals surface area contributed by atoms with Crippen LogP contribution in [0.15, 0.2) is 71.6 Å². The summed E-state index contributed by atoms with van der Waals surface area (Å²) in [5, 5.41) is 0.272. The summed E-state index contributed by atoms with van der Waals surface area (Å²) in [6, 6.07) is 17.6. The standard InChI is InChI=1S/C21H15ClF2N2OS/c22-17-4-3-5-18(24)16(17)13-25-19-6-1-2-7-20(19)28-26(21(25)27)12-14-8-10-15(23)11-9-14/h1-11H,12-13H2. The number of amides is 2. The smallest absolute Gasteiger partial charge is 0.288 e. The zero-order valence-electron chi connectivity index (χ0n) is 14.6. The Morgan fingerprint density at radius 1 is 0.893 bits per heavy atom. The van der Waals surface area contributed by atoms with Gasteiger partial charge in [0.05, 0.1) is 23.7 Å². The fraction of sp³-hybridized carbons (Fsp3) is 0.0952. The number of hydrogen-bond acceptors (Lipinski definition) is 2. The zero-order chi connectivity index (χ0) is 19.7. The third-order valence-corrected chi connectivity index (χ3v) is 5.83. The van der Waals surface area contributed by atoms with Crippen molar-refractivity contribution in [2.75, 3.05) is 4.90 Å². The van der Waals surface area contributed by atoms with Crippen LogP contribution in [-0.4, -0.2) is 10.3 Å². The third kappa shape index (κ3) is 3.70.